The van der Waals surface area contributed by atoms with Crippen LogP contribution in [0.3, 0.4) is 0 Å². The number of nitrogens with one attached hydrogen (secondary N) is 2. The third-order valence-electron chi connectivity index (χ3n) is 7.47. The number of carbonyl (C=O) groups excluding carboxylic acids is 2. The van der Waals surface area contributed by atoms with Crippen LogP contribution in [0.5, 0.6) is 17.2 Å². The van der Waals surface area contributed by atoms with Crippen molar-refractivity contribution in [3.05, 3.63) is 129 Å². The van der Waals surface area contributed by atoms with E-state index in [-0.39, 0.29) is 13.4 Å². The molecule has 1 atom stereocenters. The predicted octanol–water partition coefficient (Wildman–Crippen LogP) is 6.08. The Labute approximate surface area is 274 Å². The monoisotopic (exact) mass is 656 g/mol. The minimum absolute atomic E-state index is 0.0211. The number of hydrogen-bond acceptors (Lipinski definition) is 8. The van der Waals surface area contributed by atoms with Gasteiger partial charge in [-0.1, -0.05) is 67.9 Å². The lowest BCUT2D eigenvalue weighted by Gasteiger charge is -2.21. The second-order valence-corrected chi connectivity index (χ2v) is 12.6. The van der Waals surface area contributed by atoms with Gasteiger partial charge < -0.3 is 14.2 Å². The van der Waals surface area contributed by atoms with Crippen LogP contribution < -0.4 is 24.4 Å². The van der Waals surface area contributed by atoms with Gasteiger partial charge in [-0.25, -0.2) is 18.6 Å². The number of hydroxylamine groups is 1. The normalized spacial score (nSPS) is 12.9. The lowest BCUT2D eigenvalue weighted by molar-refractivity contribution is -0.126. The highest BCUT2D eigenvalue weighted by Crippen LogP contribution is 2.36. The zero-order chi connectivity index (χ0) is 33.4. The molecule has 1 aliphatic rings. The maximum atomic E-state index is 13.7. The molecular weight excluding hydrogens is 620 g/mol. The number of rotatable bonds is 13. The molecule has 0 fully saturated rings. The molecule has 5 rings (SSSR count). The molecule has 0 spiro atoms. The maximum absolute atomic E-state index is 13.7. The molecule has 0 aliphatic carbocycles. The van der Waals surface area contributed by atoms with Crippen LogP contribution in [0.1, 0.15) is 63.2 Å². The Balaban J connectivity index is 1.38. The molecule has 0 radical (unpaired) electrons. The average Bonchev–Trinajstić information content (AvgIpc) is 3.52. The van der Waals surface area contributed by atoms with Crippen molar-refractivity contribution < 1.29 is 37.1 Å². The number of aryl methyl sites for hydroxylation is 3. The molecule has 1 heterocycles. The highest BCUT2D eigenvalue weighted by atomic mass is 32.2. The first-order chi connectivity index (χ1) is 22.6. The third kappa shape index (κ3) is 8.57. The van der Waals surface area contributed by atoms with Crippen molar-refractivity contribution in [2.45, 2.75) is 46.3 Å². The summed E-state index contributed by atoms with van der Waals surface area (Å²) >= 11 is 0. The fraction of sp³-hybridized carbons (Fsp3) is 0.222. The summed E-state index contributed by atoms with van der Waals surface area (Å²) in [7, 11) is -4.22. The van der Waals surface area contributed by atoms with E-state index in [0.29, 0.717) is 46.8 Å². The fourth-order valence-electron chi connectivity index (χ4n) is 5.07. The first kappa shape index (κ1) is 33.2. The van der Waals surface area contributed by atoms with E-state index in [1.54, 1.807) is 36.4 Å². The summed E-state index contributed by atoms with van der Waals surface area (Å²) in [6.07, 6.45) is 1.30. The zero-order valence-electron chi connectivity index (χ0n) is 26.3. The lowest BCUT2D eigenvalue weighted by atomic mass is 10.0. The van der Waals surface area contributed by atoms with Crippen LogP contribution in [0.25, 0.3) is 6.08 Å². The van der Waals surface area contributed by atoms with Gasteiger partial charge in [0.2, 0.25) is 12.9 Å². The second-order valence-electron chi connectivity index (χ2n) is 11.0. The topological polar surface area (TPSA) is 129 Å². The Morgan fingerprint density at radius 1 is 0.915 bits per heavy atom. The number of sulfonamides is 1. The van der Waals surface area contributed by atoms with Gasteiger partial charge in [0.25, 0.3) is 21.8 Å². The van der Waals surface area contributed by atoms with E-state index in [2.05, 4.69) is 10.2 Å². The second kappa shape index (κ2) is 15.0. The Bertz CT molecular complexity index is 1870. The third-order valence-corrected chi connectivity index (χ3v) is 8.45. The Kier molecular flexibility index (Phi) is 10.6. The molecule has 10 nitrogen and oxygen atoms in total. The van der Waals surface area contributed by atoms with Gasteiger partial charge in [0.1, 0.15) is 5.75 Å². The number of fused-ring (bicyclic) bond motifs is 1. The van der Waals surface area contributed by atoms with E-state index in [1.807, 2.05) is 69.3 Å². The van der Waals surface area contributed by atoms with E-state index in [1.165, 1.54) is 6.08 Å². The zero-order valence-corrected chi connectivity index (χ0v) is 27.1. The van der Waals surface area contributed by atoms with E-state index < -0.39 is 27.9 Å². The van der Waals surface area contributed by atoms with Gasteiger partial charge in [-0.15, -0.1) is 0 Å². The molecule has 47 heavy (non-hydrogen) atoms. The minimum Gasteiger partial charge on any atom is -0.475 e. The summed E-state index contributed by atoms with van der Waals surface area (Å²) in [5.41, 5.74) is 7.23. The summed E-state index contributed by atoms with van der Waals surface area (Å²) in [4.78, 5) is 32.0. The summed E-state index contributed by atoms with van der Waals surface area (Å²) in [6, 6.07) is 24.7. The quantitative estimate of drug-likeness (QED) is 0.166. The number of amides is 2. The van der Waals surface area contributed by atoms with Gasteiger partial charge in [-0.2, -0.15) is 0 Å². The molecule has 2 amide bonds. The Hall–Kier alpha value is -5.13. The molecular formula is C36H36N2O8S. The van der Waals surface area contributed by atoms with Crippen LogP contribution in [-0.4, -0.2) is 27.0 Å². The highest BCUT2D eigenvalue weighted by Gasteiger charge is 2.29. The van der Waals surface area contributed by atoms with Crippen molar-refractivity contribution in [1.82, 2.24) is 10.2 Å². The minimum atomic E-state index is -4.22. The van der Waals surface area contributed by atoms with Crippen molar-refractivity contribution in [1.29, 1.82) is 0 Å². The number of carbonyl (C=O) groups is 2. The average molecular weight is 657 g/mol. The van der Waals surface area contributed by atoms with Gasteiger partial charge in [0.15, 0.2) is 11.5 Å². The molecule has 0 bridgehead atoms. The van der Waals surface area contributed by atoms with Crippen LogP contribution >= 0.6 is 0 Å². The van der Waals surface area contributed by atoms with E-state index in [4.69, 9.17) is 19.0 Å². The molecule has 11 heteroatoms. The summed E-state index contributed by atoms with van der Waals surface area (Å²) < 4.78 is 45.5. The Morgan fingerprint density at radius 3 is 2.40 bits per heavy atom. The fourth-order valence-corrected chi connectivity index (χ4v) is 5.84. The van der Waals surface area contributed by atoms with Crippen LogP contribution in [0.4, 0.5) is 0 Å². The molecule has 244 valence electrons. The number of benzene rings is 4. The van der Waals surface area contributed by atoms with Crippen LogP contribution in [-0.2, 0) is 32.7 Å². The Morgan fingerprint density at radius 2 is 1.66 bits per heavy atom. The predicted molar refractivity (Wildman–Crippen MR) is 177 cm³/mol. The van der Waals surface area contributed by atoms with Gasteiger partial charge in [-0.3, -0.25) is 14.4 Å². The van der Waals surface area contributed by atoms with Crippen LogP contribution in [0, 0.1) is 13.8 Å². The van der Waals surface area contributed by atoms with Crippen molar-refractivity contribution in [2.24, 2.45) is 0 Å². The molecule has 4 aromatic rings. The molecule has 4 aromatic carbocycles. The van der Waals surface area contributed by atoms with Gasteiger partial charge in [0, 0.05) is 11.1 Å². The molecule has 0 aromatic heterocycles. The van der Waals surface area contributed by atoms with E-state index in [0.717, 1.165) is 27.7 Å². The maximum Gasteiger partial charge on any atom is 0.279 e. The SMILES string of the molecule is CCCc1cc(C(=O)NOCc2ccccc2)ccc1OC(C(=O)NS(=O)(=O)/C=C/c1c(C)cccc1C)c1ccc2c(c1)OCO2. The number of ether oxygens (including phenoxy) is 3. The van der Waals surface area contributed by atoms with Crippen LogP contribution in [0.15, 0.2) is 90.3 Å². The van der Waals surface area contributed by atoms with Gasteiger partial charge >= 0.3 is 0 Å². The molecule has 2 N–H and O–H groups in total. The molecule has 1 aliphatic heterocycles. The number of hydrogen-bond donors (Lipinski definition) is 2. The largest absolute Gasteiger partial charge is 0.475 e. The standard InChI is InChI=1S/C36H36N2O8S/c1-4-9-27-20-29(35(39)37-45-22-26-12-6-5-7-13-26)15-16-31(27)46-34(28-14-17-32-33(21-28)44-23-43-32)36(40)38-47(41,42)19-18-30-24(2)10-8-11-25(30)3/h5-8,10-21,34H,4,9,22-23H2,1-3H3,(H,37,39)(H,38,40)/b19-18+. The summed E-state index contributed by atoms with van der Waals surface area (Å²) in [5, 5.41) is 0.965. The molecule has 0 saturated heterocycles. The highest BCUT2D eigenvalue weighted by molar-refractivity contribution is 7.93. The van der Waals surface area contributed by atoms with Crippen molar-refractivity contribution in [3.63, 3.8) is 0 Å². The van der Waals surface area contributed by atoms with E-state index in [9.17, 15) is 18.0 Å². The first-order valence-electron chi connectivity index (χ1n) is 15.1. The summed E-state index contributed by atoms with van der Waals surface area (Å²) in [6.45, 7) is 5.94. The lowest BCUT2D eigenvalue weighted by Crippen LogP contribution is -2.36. The van der Waals surface area contributed by atoms with Gasteiger partial charge in [-0.05, 0) is 84.5 Å². The molecule has 1 unspecified atom stereocenters. The van der Waals surface area contributed by atoms with Crippen molar-refractivity contribution in [3.8, 4) is 17.2 Å². The first-order valence-corrected chi connectivity index (χ1v) is 16.6. The van der Waals surface area contributed by atoms with Crippen molar-refractivity contribution in [2.75, 3.05) is 6.79 Å². The molecule has 0 saturated carbocycles. The van der Waals surface area contributed by atoms with Crippen LogP contribution in [0.2, 0.25) is 0 Å². The van der Waals surface area contributed by atoms with E-state index >= 15 is 0 Å². The van der Waals surface area contributed by atoms with Gasteiger partial charge in [0.05, 0.1) is 12.0 Å². The summed E-state index contributed by atoms with van der Waals surface area (Å²) in [5.74, 6) is -0.147. The smallest absolute Gasteiger partial charge is 0.279 e. The van der Waals surface area contributed by atoms with Crippen molar-refractivity contribution >= 4 is 27.9 Å².